The summed E-state index contributed by atoms with van der Waals surface area (Å²) < 4.78 is 0. The largest absolute Gasteiger partial charge is 0.360 e. The first-order chi connectivity index (χ1) is 5.49. The van der Waals surface area contributed by atoms with E-state index in [4.69, 9.17) is 31.3 Å². The molecule has 0 atom stereocenters. The van der Waals surface area contributed by atoms with Gasteiger partial charge in [-0.15, -0.1) is 0 Å². The molecule has 0 saturated carbocycles. The molecule has 0 spiro atoms. The van der Waals surface area contributed by atoms with Gasteiger partial charge in [0.1, 0.15) is 24.3 Å². The third kappa shape index (κ3) is 1.05. The SMILES string of the molecule is N#CC(O)(C#N)C(O)(C#N)C#N. The molecule has 0 aromatic carbocycles. The summed E-state index contributed by atoms with van der Waals surface area (Å²) in [6.45, 7) is 0. The second-order valence-electron chi connectivity index (χ2n) is 1.87. The summed E-state index contributed by atoms with van der Waals surface area (Å²) in [7, 11) is 0. The summed E-state index contributed by atoms with van der Waals surface area (Å²) >= 11 is 0. The second kappa shape index (κ2) is 2.86. The van der Waals surface area contributed by atoms with Crippen LogP contribution in [-0.4, -0.2) is 21.4 Å². The number of hydrogen-bond acceptors (Lipinski definition) is 6. The molecule has 58 valence electrons. The van der Waals surface area contributed by atoms with Crippen molar-refractivity contribution in [1.82, 2.24) is 0 Å². The molecule has 0 aliphatic heterocycles. The average molecular weight is 162 g/mol. The molecule has 2 N–H and O–H groups in total. The average Bonchev–Trinajstić information content (AvgIpc) is 2.15. The van der Waals surface area contributed by atoms with Gasteiger partial charge in [0.15, 0.2) is 0 Å². The Morgan fingerprint density at radius 1 is 0.667 bits per heavy atom. The molecule has 0 aliphatic rings. The van der Waals surface area contributed by atoms with Crippen LogP contribution in [0.15, 0.2) is 0 Å². The summed E-state index contributed by atoms with van der Waals surface area (Å²) in [6.07, 6.45) is 0. The minimum absolute atomic E-state index is 0.970. The van der Waals surface area contributed by atoms with Gasteiger partial charge in [-0.1, -0.05) is 0 Å². The van der Waals surface area contributed by atoms with E-state index in [0.29, 0.717) is 0 Å². The zero-order valence-corrected chi connectivity index (χ0v) is 5.68. The Labute approximate surface area is 67.7 Å². The molecule has 0 saturated heterocycles. The van der Waals surface area contributed by atoms with Crippen LogP contribution >= 0.6 is 0 Å². The van der Waals surface area contributed by atoms with Crippen molar-refractivity contribution in [3.8, 4) is 24.3 Å². The molecule has 0 aromatic heterocycles. The van der Waals surface area contributed by atoms with Crippen LogP contribution in [0, 0.1) is 45.3 Å². The fraction of sp³-hybridized carbons (Fsp3) is 0.333. The van der Waals surface area contributed by atoms with E-state index in [0.717, 1.165) is 24.3 Å². The first kappa shape index (κ1) is 9.88. The quantitative estimate of drug-likeness (QED) is 0.452. The topological polar surface area (TPSA) is 136 Å². The van der Waals surface area contributed by atoms with Crippen molar-refractivity contribution >= 4 is 0 Å². The van der Waals surface area contributed by atoms with Crippen molar-refractivity contribution < 1.29 is 10.2 Å². The maximum absolute atomic E-state index is 8.93. The van der Waals surface area contributed by atoms with E-state index in [9.17, 15) is 0 Å². The summed E-state index contributed by atoms with van der Waals surface area (Å²) in [5.41, 5.74) is -6.03. The maximum atomic E-state index is 8.93. The molecule has 6 nitrogen and oxygen atoms in total. The molecular weight excluding hydrogens is 160 g/mol. The van der Waals surface area contributed by atoms with Crippen LogP contribution < -0.4 is 0 Å². The highest BCUT2D eigenvalue weighted by atomic mass is 16.4. The highest BCUT2D eigenvalue weighted by molar-refractivity contribution is 5.38. The molecule has 0 fully saturated rings. The van der Waals surface area contributed by atoms with Crippen LogP contribution in [0.25, 0.3) is 0 Å². The lowest BCUT2D eigenvalue weighted by molar-refractivity contribution is -0.00848. The van der Waals surface area contributed by atoms with Crippen molar-refractivity contribution in [1.29, 1.82) is 21.0 Å². The van der Waals surface area contributed by atoms with Crippen LogP contribution in [0.3, 0.4) is 0 Å². The van der Waals surface area contributed by atoms with Crippen LogP contribution in [0.2, 0.25) is 0 Å². The number of hydrogen-bond donors (Lipinski definition) is 2. The minimum atomic E-state index is -3.02. The number of rotatable bonds is 1. The smallest absolute Gasteiger partial charge is 0.295 e. The molecule has 0 aliphatic carbocycles. The maximum Gasteiger partial charge on any atom is 0.295 e. The molecule has 6 heteroatoms. The van der Waals surface area contributed by atoms with E-state index in [1.165, 1.54) is 0 Å². The molecule has 0 heterocycles. The molecule has 0 radical (unpaired) electrons. The van der Waals surface area contributed by atoms with E-state index in [1.54, 1.807) is 0 Å². The van der Waals surface area contributed by atoms with Gasteiger partial charge in [0.25, 0.3) is 11.2 Å². The van der Waals surface area contributed by atoms with Crippen LogP contribution in [0.5, 0.6) is 0 Å². The predicted octanol–water partition coefficient (Wildman–Crippen LogP) is -1.46. The van der Waals surface area contributed by atoms with E-state index in [1.807, 2.05) is 0 Å². The standard InChI is InChI=1S/C6H2N4O2/c7-1-5(11,2-8)6(12,3-9)4-10/h11-12H. The van der Waals surface area contributed by atoms with E-state index in [2.05, 4.69) is 0 Å². The Morgan fingerprint density at radius 3 is 0.917 bits per heavy atom. The van der Waals surface area contributed by atoms with Gasteiger partial charge in [-0.3, -0.25) is 0 Å². The van der Waals surface area contributed by atoms with Gasteiger partial charge in [-0.05, 0) is 0 Å². The summed E-state index contributed by atoms with van der Waals surface area (Å²) in [5.74, 6) is 0. The van der Waals surface area contributed by atoms with E-state index >= 15 is 0 Å². The van der Waals surface area contributed by atoms with Crippen molar-refractivity contribution in [2.45, 2.75) is 11.2 Å². The van der Waals surface area contributed by atoms with Crippen molar-refractivity contribution in [3.05, 3.63) is 0 Å². The lowest BCUT2D eigenvalue weighted by Gasteiger charge is -2.19. The molecule has 0 bridgehead atoms. The van der Waals surface area contributed by atoms with E-state index < -0.39 is 11.2 Å². The van der Waals surface area contributed by atoms with Crippen LogP contribution in [0.4, 0.5) is 0 Å². The summed E-state index contributed by atoms with van der Waals surface area (Å²) in [5, 5.41) is 50.7. The number of nitrogens with zero attached hydrogens (tertiary/aromatic N) is 4. The fourth-order valence-electron chi connectivity index (χ4n) is 0.374. The van der Waals surface area contributed by atoms with Gasteiger partial charge in [-0.25, -0.2) is 0 Å². The highest BCUT2D eigenvalue weighted by Gasteiger charge is 2.52. The van der Waals surface area contributed by atoms with E-state index in [-0.39, 0.29) is 0 Å². The van der Waals surface area contributed by atoms with Crippen molar-refractivity contribution in [2.75, 3.05) is 0 Å². The Hall–Kier alpha value is -2.12. The number of aliphatic hydroxyl groups is 2. The Kier molecular flexibility index (Phi) is 2.36. The molecule has 0 aromatic rings. The molecule has 0 unspecified atom stereocenters. The molecule has 0 rings (SSSR count). The third-order valence-electron chi connectivity index (χ3n) is 1.17. The summed E-state index contributed by atoms with van der Waals surface area (Å²) in [4.78, 5) is 0. The van der Waals surface area contributed by atoms with Gasteiger partial charge in [0.05, 0.1) is 0 Å². The first-order valence-corrected chi connectivity index (χ1v) is 2.59. The monoisotopic (exact) mass is 162 g/mol. The van der Waals surface area contributed by atoms with Crippen molar-refractivity contribution in [3.63, 3.8) is 0 Å². The normalized spacial score (nSPS) is 10.2. The lowest BCUT2D eigenvalue weighted by Crippen LogP contribution is -2.50. The Morgan fingerprint density at radius 2 is 0.833 bits per heavy atom. The van der Waals surface area contributed by atoms with Crippen molar-refractivity contribution in [2.24, 2.45) is 0 Å². The van der Waals surface area contributed by atoms with Gasteiger partial charge in [-0.2, -0.15) is 21.0 Å². The molecular formula is C6H2N4O2. The zero-order valence-electron chi connectivity index (χ0n) is 5.68. The van der Waals surface area contributed by atoms with Gasteiger partial charge in [0, 0.05) is 0 Å². The van der Waals surface area contributed by atoms with Gasteiger partial charge < -0.3 is 10.2 Å². The minimum Gasteiger partial charge on any atom is -0.360 e. The zero-order chi connectivity index (χ0) is 9.83. The highest BCUT2D eigenvalue weighted by Crippen LogP contribution is 2.19. The first-order valence-electron chi connectivity index (χ1n) is 2.59. The number of nitriles is 4. The fourth-order valence-corrected chi connectivity index (χ4v) is 0.374. The Balaban J connectivity index is 5.38. The van der Waals surface area contributed by atoms with Crippen LogP contribution in [-0.2, 0) is 0 Å². The third-order valence-corrected chi connectivity index (χ3v) is 1.17. The lowest BCUT2D eigenvalue weighted by atomic mass is 9.88. The Bertz CT molecular complexity index is 284. The predicted molar refractivity (Wildman–Crippen MR) is 32.4 cm³/mol. The van der Waals surface area contributed by atoms with Crippen LogP contribution in [0.1, 0.15) is 0 Å². The summed E-state index contributed by atoms with van der Waals surface area (Å²) in [6, 6.07) is 3.88. The molecule has 12 heavy (non-hydrogen) atoms. The van der Waals surface area contributed by atoms with Gasteiger partial charge in [0.2, 0.25) is 0 Å². The second-order valence-corrected chi connectivity index (χ2v) is 1.87. The van der Waals surface area contributed by atoms with Gasteiger partial charge >= 0.3 is 0 Å². The molecule has 0 amide bonds.